The lowest BCUT2D eigenvalue weighted by Crippen LogP contribution is -2.28. The van der Waals surface area contributed by atoms with Crippen LogP contribution >= 0.6 is 11.6 Å². The van der Waals surface area contributed by atoms with Gasteiger partial charge in [0.25, 0.3) is 11.8 Å². The molecule has 1 saturated heterocycles. The molecule has 5 nitrogen and oxygen atoms in total. The van der Waals surface area contributed by atoms with E-state index in [0.29, 0.717) is 18.7 Å². The highest BCUT2D eigenvalue weighted by molar-refractivity contribution is 6.31. The second-order valence-electron chi connectivity index (χ2n) is 6.08. The van der Waals surface area contributed by atoms with Gasteiger partial charge >= 0.3 is 6.18 Å². The van der Waals surface area contributed by atoms with Gasteiger partial charge in [0, 0.05) is 30.5 Å². The van der Waals surface area contributed by atoms with Gasteiger partial charge in [-0.05, 0) is 43.2 Å². The van der Waals surface area contributed by atoms with Crippen molar-refractivity contribution in [2.75, 3.05) is 18.4 Å². The van der Waals surface area contributed by atoms with Crippen molar-refractivity contribution in [3.63, 3.8) is 0 Å². The summed E-state index contributed by atoms with van der Waals surface area (Å²) in [5.41, 5.74) is -0.879. The first-order valence-electron chi connectivity index (χ1n) is 8.19. The van der Waals surface area contributed by atoms with E-state index in [4.69, 9.17) is 11.6 Å². The van der Waals surface area contributed by atoms with Gasteiger partial charge in [0.2, 0.25) is 0 Å². The highest BCUT2D eigenvalue weighted by atomic mass is 35.5. The molecule has 1 fully saturated rings. The molecule has 0 bridgehead atoms. The normalized spacial score (nSPS) is 14.3. The van der Waals surface area contributed by atoms with E-state index >= 15 is 0 Å². The van der Waals surface area contributed by atoms with Crippen LogP contribution in [0.25, 0.3) is 0 Å². The van der Waals surface area contributed by atoms with E-state index in [1.165, 1.54) is 24.4 Å². The predicted octanol–water partition coefficient (Wildman–Crippen LogP) is 4.24. The van der Waals surface area contributed by atoms with Crippen LogP contribution in [0.3, 0.4) is 0 Å². The van der Waals surface area contributed by atoms with Crippen molar-refractivity contribution in [1.29, 1.82) is 0 Å². The fourth-order valence-corrected chi connectivity index (χ4v) is 3.03. The third-order valence-electron chi connectivity index (χ3n) is 4.16. The molecule has 1 aliphatic rings. The summed E-state index contributed by atoms with van der Waals surface area (Å²) in [6.45, 7) is 1.32. The van der Waals surface area contributed by atoms with Crippen molar-refractivity contribution in [1.82, 2.24) is 9.88 Å². The number of hydrogen-bond donors (Lipinski definition) is 1. The first kappa shape index (κ1) is 19.2. The summed E-state index contributed by atoms with van der Waals surface area (Å²) in [4.78, 5) is 30.3. The fraction of sp³-hybridized carbons (Fsp3) is 0.278. The zero-order valence-electron chi connectivity index (χ0n) is 14.0. The van der Waals surface area contributed by atoms with Crippen LogP contribution in [0.2, 0.25) is 5.02 Å². The van der Waals surface area contributed by atoms with Crippen molar-refractivity contribution in [3.05, 3.63) is 58.4 Å². The molecule has 0 aliphatic carbocycles. The Morgan fingerprint density at radius 3 is 2.48 bits per heavy atom. The highest BCUT2D eigenvalue weighted by Crippen LogP contribution is 2.36. The number of carbonyl (C=O) groups excluding carboxylic acids is 2. The molecule has 0 atom stereocenters. The number of nitrogens with zero attached hydrogens (tertiary/aromatic N) is 2. The van der Waals surface area contributed by atoms with Crippen LogP contribution in [0, 0.1) is 0 Å². The number of rotatable bonds is 3. The van der Waals surface area contributed by atoms with Gasteiger partial charge < -0.3 is 10.2 Å². The Hall–Kier alpha value is -2.61. The van der Waals surface area contributed by atoms with Crippen LogP contribution in [0.15, 0.2) is 36.5 Å². The van der Waals surface area contributed by atoms with Gasteiger partial charge in [-0.15, -0.1) is 0 Å². The Bertz CT molecular complexity index is 880. The van der Waals surface area contributed by atoms with E-state index in [1.54, 1.807) is 4.90 Å². The molecule has 3 rings (SSSR count). The van der Waals surface area contributed by atoms with Crippen molar-refractivity contribution in [2.45, 2.75) is 19.0 Å². The molecule has 2 aromatic rings. The van der Waals surface area contributed by atoms with Crippen LogP contribution in [0.4, 0.5) is 18.9 Å². The number of anilines is 1. The smallest absolute Gasteiger partial charge is 0.339 e. The van der Waals surface area contributed by atoms with Crippen molar-refractivity contribution in [3.8, 4) is 0 Å². The molecule has 1 aromatic carbocycles. The van der Waals surface area contributed by atoms with Crippen molar-refractivity contribution in [2.24, 2.45) is 0 Å². The number of nitrogens with one attached hydrogen (secondary N) is 1. The summed E-state index contributed by atoms with van der Waals surface area (Å²) < 4.78 is 38.8. The molecule has 0 radical (unpaired) electrons. The predicted molar refractivity (Wildman–Crippen MR) is 93.8 cm³/mol. The average Bonchev–Trinajstić information content (AvgIpc) is 3.16. The van der Waals surface area contributed by atoms with E-state index in [1.807, 2.05) is 0 Å². The summed E-state index contributed by atoms with van der Waals surface area (Å²) in [6.07, 6.45) is -1.45. The van der Waals surface area contributed by atoms with E-state index < -0.39 is 22.7 Å². The van der Waals surface area contributed by atoms with Gasteiger partial charge in [-0.2, -0.15) is 13.2 Å². The molecule has 2 amide bonds. The van der Waals surface area contributed by atoms with Crippen LogP contribution in [-0.2, 0) is 6.18 Å². The lowest BCUT2D eigenvalue weighted by molar-refractivity contribution is -0.137. The molecule has 2 heterocycles. The van der Waals surface area contributed by atoms with E-state index in [-0.39, 0.29) is 17.3 Å². The van der Waals surface area contributed by atoms with Gasteiger partial charge in [0.15, 0.2) is 0 Å². The summed E-state index contributed by atoms with van der Waals surface area (Å²) in [7, 11) is 0. The maximum atomic E-state index is 12.9. The zero-order chi connectivity index (χ0) is 19.6. The Labute approximate surface area is 158 Å². The van der Waals surface area contributed by atoms with Crippen LogP contribution < -0.4 is 5.32 Å². The Balaban J connectivity index is 1.79. The standard InChI is InChI=1S/C18H15ClF3N3O2/c19-14-4-3-12(10-13(14)18(20,21)22)24-16(26)15-9-11(5-6-23-15)17(27)25-7-1-2-8-25/h3-6,9-10H,1-2,7-8H2,(H,24,26). The second-order valence-corrected chi connectivity index (χ2v) is 6.48. The van der Waals surface area contributed by atoms with Crippen molar-refractivity contribution < 1.29 is 22.8 Å². The number of carbonyl (C=O) groups is 2. The van der Waals surface area contributed by atoms with E-state index in [9.17, 15) is 22.8 Å². The molecule has 1 aromatic heterocycles. The fourth-order valence-electron chi connectivity index (χ4n) is 2.81. The monoisotopic (exact) mass is 397 g/mol. The molecular weight excluding hydrogens is 383 g/mol. The van der Waals surface area contributed by atoms with Gasteiger partial charge in [-0.1, -0.05) is 11.6 Å². The molecule has 142 valence electrons. The van der Waals surface area contributed by atoms with Crippen molar-refractivity contribution >= 4 is 29.1 Å². The maximum absolute atomic E-state index is 12.9. The third kappa shape index (κ3) is 4.39. The lowest BCUT2D eigenvalue weighted by Gasteiger charge is -2.15. The maximum Gasteiger partial charge on any atom is 0.417 e. The van der Waals surface area contributed by atoms with Crippen LogP contribution in [0.1, 0.15) is 39.3 Å². The second kappa shape index (κ2) is 7.56. The van der Waals surface area contributed by atoms with Crippen LogP contribution in [-0.4, -0.2) is 34.8 Å². The number of amides is 2. The van der Waals surface area contributed by atoms with Crippen LogP contribution in [0.5, 0.6) is 0 Å². The summed E-state index contributed by atoms with van der Waals surface area (Å²) in [5.74, 6) is -0.920. The van der Waals surface area contributed by atoms with Gasteiger partial charge in [-0.3, -0.25) is 14.6 Å². The third-order valence-corrected chi connectivity index (χ3v) is 4.49. The summed E-state index contributed by atoms with van der Waals surface area (Å²) in [6, 6.07) is 5.90. The largest absolute Gasteiger partial charge is 0.417 e. The molecular formula is C18H15ClF3N3O2. The number of hydrogen-bond acceptors (Lipinski definition) is 3. The summed E-state index contributed by atoms with van der Waals surface area (Å²) >= 11 is 5.57. The summed E-state index contributed by atoms with van der Waals surface area (Å²) in [5, 5.41) is 1.89. The molecule has 9 heteroatoms. The number of halogens is 4. The minimum absolute atomic E-state index is 0.0662. The minimum Gasteiger partial charge on any atom is -0.339 e. The number of likely N-dealkylation sites (tertiary alicyclic amines) is 1. The highest BCUT2D eigenvalue weighted by Gasteiger charge is 2.33. The van der Waals surface area contributed by atoms with Gasteiger partial charge in [-0.25, -0.2) is 0 Å². The molecule has 0 unspecified atom stereocenters. The average molecular weight is 398 g/mol. The number of alkyl halides is 3. The number of aromatic nitrogens is 1. The number of benzene rings is 1. The topological polar surface area (TPSA) is 62.3 Å². The molecule has 1 N–H and O–H groups in total. The quantitative estimate of drug-likeness (QED) is 0.842. The van der Waals surface area contributed by atoms with Gasteiger partial charge in [0.05, 0.1) is 10.6 Å². The Morgan fingerprint density at radius 2 is 1.81 bits per heavy atom. The zero-order valence-corrected chi connectivity index (χ0v) is 14.8. The van der Waals surface area contributed by atoms with E-state index in [2.05, 4.69) is 10.3 Å². The lowest BCUT2D eigenvalue weighted by atomic mass is 10.1. The van der Waals surface area contributed by atoms with Gasteiger partial charge in [0.1, 0.15) is 5.69 Å². The number of pyridine rings is 1. The minimum atomic E-state index is -4.64. The first-order valence-corrected chi connectivity index (χ1v) is 8.57. The first-order chi connectivity index (χ1) is 12.8. The molecule has 27 heavy (non-hydrogen) atoms. The SMILES string of the molecule is O=C(Nc1ccc(Cl)c(C(F)(F)F)c1)c1cc(C(=O)N2CCCC2)ccn1. The molecule has 0 spiro atoms. The Morgan fingerprint density at radius 1 is 1.11 bits per heavy atom. The van der Waals surface area contributed by atoms with E-state index in [0.717, 1.165) is 25.0 Å². The molecule has 1 aliphatic heterocycles. The Kier molecular flexibility index (Phi) is 5.36. The molecule has 0 saturated carbocycles.